The molecule has 0 nitrogen and oxygen atoms in total. The van der Waals surface area contributed by atoms with E-state index >= 15 is 0 Å². The van der Waals surface area contributed by atoms with Crippen LogP contribution in [0.15, 0.2) is 0 Å². The Morgan fingerprint density at radius 3 is 2.29 bits per heavy atom. The van der Waals surface area contributed by atoms with E-state index in [1.165, 1.54) is 57.8 Å². The van der Waals surface area contributed by atoms with Crippen LogP contribution in [0.1, 0.15) is 71.6 Å². The quantitative estimate of drug-likeness (QED) is 0.530. The highest BCUT2D eigenvalue weighted by atomic mass is 32.1. The van der Waals surface area contributed by atoms with Crippen molar-refractivity contribution in [3.05, 3.63) is 0 Å². The van der Waals surface area contributed by atoms with E-state index in [2.05, 4.69) is 13.8 Å². The van der Waals surface area contributed by atoms with E-state index in [0.29, 0.717) is 21.3 Å². The summed E-state index contributed by atoms with van der Waals surface area (Å²) < 4.78 is 0. The van der Waals surface area contributed by atoms with Crippen molar-refractivity contribution in [2.24, 2.45) is 34.5 Å². The zero-order chi connectivity index (χ0) is 14.8. The fourth-order valence-electron chi connectivity index (χ4n) is 7.21. The average Bonchev–Trinajstić information content (AvgIpc) is 2.76. The third-order valence-corrected chi connectivity index (χ3v) is 9.91. The Kier molecular flexibility index (Phi) is 3.70. The average molecular weight is 325 g/mol. The van der Waals surface area contributed by atoms with Gasteiger partial charge >= 0.3 is 0 Å². The topological polar surface area (TPSA) is 0 Å². The van der Waals surface area contributed by atoms with Gasteiger partial charge < -0.3 is 0 Å². The Balaban J connectivity index is 1.62. The fraction of sp³-hybridized carbons (Fsp3) is 1.00. The van der Waals surface area contributed by atoms with Gasteiger partial charge in [-0.3, -0.25) is 0 Å². The van der Waals surface area contributed by atoms with Gasteiger partial charge in [-0.15, -0.1) is 0 Å². The van der Waals surface area contributed by atoms with Crippen molar-refractivity contribution in [2.45, 2.75) is 82.1 Å². The van der Waals surface area contributed by atoms with Crippen LogP contribution in [0.2, 0.25) is 0 Å². The van der Waals surface area contributed by atoms with Gasteiger partial charge in [-0.05, 0) is 92.3 Å². The summed E-state index contributed by atoms with van der Waals surface area (Å²) in [7, 11) is 0. The van der Waals surface area contributed by atoms with Crippen molar-refractivity contribution in [1.82, 2.24) is 0 Å². The van der Waals surface area contributed by atoms with Crippen LogP contribution in [0, 0.1) is 34.5 Å². The molecule has 21 heavy (non-hydrogen) atoms. The third kappa shape index (κ3) is 2.10. The summed E-state index contributed by atoms with van der Waals surface area (Å²) in [6.07, 6.45) is 12.9. The summed E-state index contributed by atoms with van der Waals surface area (Å²) >= 11 is 9.78. The normalized spacial score (nSPS) is 60.0. The number of hydrogen-bond acceptors (Lipinski definition) is 2. The number of thiol groups is 2. The monoisotopic (exact) mass is 324 g/mol. The molecule has 0 amide bonds. The van der Waals surface area contributed by atoms with Crippen LogP contribution in [-0.4, -0.2) is 10.5 Å². The van der Waals surface area contributed by atoms with Crippen LogP contribution < -0.4 is 0 Å². The molecule has 0 spiro atoms. The number of fused-ring (bicyclic) bond motifs is 5. The molecule has 0 aromatic heterocycles. The minimum atomic E-state index is 0.550. The van der Waals surface area contributed by atoms with E-state index < -0.39 is 0 Å². The molecule has 4 rings (SSSR count). The highest BCUT2D eigenvalue weighted by Crippen LogP contribution is 2.66. The van der Waals surface area contributed by atoms with Gasteiger partial charge in [-0.2, -0.15) is 25.3 Å². The van der Waals surface area contributed by atoms with Gasteiger partial charge in [-0.1, -0.05) is 13.8 Å². The molecule has 4 saturated carbocycles. The molecule has 4 fully saturated rings. The molecule has 0 saturated heterocycles. The lowest BCUT2D eigenvalue weighted by Gasteiger charge is -2.60. The molecule has 0 radical (unpaired) electrons. The summed E-state index contributed by atoms with van der Waals surface area (Å²) in [6, 6.07) is 0. The minimum Gasteiger partial charge on any atom is -0.176 e. The van der Waals surface area contributed by atoms with Crippen LogP contribution in [0.3, 0.4) is 0 Å². The Labute approximate surface area is 142 Å². The molecule has 2 heteroatoms. The van der Waals surface area contributed by atoms with Crippen LogP contribution >= 0.6 is 25.3 Å². The second-order valence-corrected chi connectivity index (χ2v) is 10.6. The molecule has 0 aromatic rings. The lowest BCUT2D eigenvalue weighted by molar-refractivity contribution is -0.101. The van der Waals surface area contributed by atoms with Gasteiger partial charge in [0, 0.05) is 10.5 Å². The molecule has 4 aliphatic rings. The molecular weight excluding hydrogens is 292 g/mol. The predicted molar refractivity (Wildman–Crippen MR) is 97.3 cm³/mol. The maximum Gasteiger partial charge on any atom is 0.00735 e. The van der Waals surface area contributed by atoms with Crippen LogP contribution in [-0.2, 0) is 0 Å². The summed E-state index contributed by atoms with van der Waals surface area (Å²) in [6.45, 7) is 5.22. The van der Waals surface area contributed by atoms with E-state index in [9.17, 15) is 0 Å². The Morgan fingerprint density at radius 2 is 1.48 bits per heavy atom. The first-order chi connectivity index (χ1) is 9.95. The van der Waals surface area contributed by atoms with Crippen molar-refractivity contribution in [1.29, 1.82) is 0 Å². The first-order valence-corrected chi connectivity index (χ1v) is 10.3. The summed E-state index contributed by atoms with van der Waals surface area (Å²) in [4.78, 5) is 0. The Morgan fingerprint density at radius 1 is 0.762 bits per heavy atom. The Hall–Kier alpha value is 0.700. The first kappa shape index (κ1) is 15.2. The molecule has 0 aliphatic heterocycles. The smallest absolute Gasteiger partial charge is 0.00735 e. The molecule has 8 atom stereocenters. The molecule has 0 heterocycles. The molecule has 4 aliphatic carbocycles. The van der Waals surface area contributed by atoms with Crippen molar-refractivity contribution >= 4 is 25.3 Å². The summed E-state index contributed by atoms with van der Waals surface area (Å²) in [5.41, 5.74) is 1.19. The van der Waals surface area contributed by atoms with E-state index in [1.807, 2.05) is 0 Å². The van der Waals surface area contributed by atoms with Crippen molar-refractivity contribution in [3.8, 4) is 0 Å². The second-order valence-electron chi connectivity index (χ2n) is 9.22. The van der Waals surface area contributed by atoms with E-state index in [0.717, 1.165) is 23.7 Å². The summed E-state index contributed by atoms with van der Waals surface area (Å²) in [5, 5.41) is 1.35. The zero-order valence-corrected chi connectivity index (χ0v) is 15.5. The van der Waals surface area contributed by atoms with E-state index in [-0.39, 0.29) is 0 Å². The molecule has 0 bridgehead atoms. The van der Waals surface area contributed by atoms with Gasteiger partial charge in [0.2, 0.25) is 0 Å². The number of hydrogen-bond donors (Lipinski definition) is 2. The predicted octanol–water partition coefficient (Wildman–Crippen LogP) is 5.63. The van der Waals surface area contributed by atoms with E-state index in [4.69, 9.17) is 25.3 Å². The van der Waals surface area contributed by atoms with Crippen LogP contribution in [0.4, 0.5) is 0 Å². The molecule has 120 valence electrons. The van der Waals surface area contributed by atoms with Gasteiger partial charge in [0.25, 0.3) is 0 Å². The lowest BCUT2D eigenvalue weighted by atomic mass is 9.45. The molecule has 0 aromatic carbocycles. The van der Waals surface area contributed by atoms with Gasteiger partial charge in [0.15, 0.2) is 0 Å². The third-order valence-electron chi connectivity index (χ3n) is 8.59. The molecular formula is C19H32S2. The maximum absolute atomic E-state index is 4.97. The SMILES string of the molecule is C[C@]12CC[C@H](S)C[C@H]1CC[C@@H]1[C@@H]2CC[C@]2(C)[C@@H](S)CC[C@@H]12. The molecule has 0 unspecified atom stereocenters. The fourth-order valence-corrected chi connectivity index (χ4v) is 8.06. The van der Waals surface area contributed by atoms with Crippen molar-refractivity contribution in [2.75, 3.05) is 0 Å². The van der Waals surface area contributed by atoms with Crippen molar-refractivity contribution in [3.63, 3.8) is 0 Å². The minimum absolute atomic E-state index is 0.550. The number of rotatable bonds is 0. The van der Waals surface area contributed by atoms with Gasteiger partial charge in [0.05, 0.1) is 0 Å². The maximum atomic E-state index is 4.97. The largest absolute Gasteiger partial charge is 0.176 e. The van der Waals surface area contributed by atoms with Crippen molar-refractivity contribution < 1.29 is 0 Å². The Bertz CT molecular complexity index is 422. The lowest BCUT2D eigenvalue weighted by Crippen LogP contribution is -2.53. The molecule has 0 N–H and O–H groups in total. The van der Waals surface area contributed by atoms with E-state index in [1.54, 1.807) is 0 Å². The first-order valence-electron chi connectivity index (χ1n) is 9.31. The highest BCUT2D eigenvalue weighted by molar-refractivity contribution is 7.81. The van der Waals surface area contributed by atoms with Gasteiger partial charge in [-0.25, -0.2) is 0 Å². The van der Waals surface area contributed by atoms with Gasteiger partial charge in [0.1, 0.15) is 0 Å². The van der Waals surface area contributed by atoms with Crippen LogP contribution in [0.5, 0.6) is 0 Å². The van der Waals surface area contributed by atoms with Crippen LogP contribution in [0.25, 0.3) is 0 Å². The highest BCUT2D eigenvalue weighted by Gasteiger charge is 2.59. The second kappa shape index (κ2) is 5.10. The summed E-state index contributed by atoms with van der Waals surface area (Å²) in [5.74, 6) is 3.96. The standard InChI is InChI=1S/C19H32S2/c1-18-9-7-13(20)11-12(18)3-4-14-15-5-6-17(21)19(15,2)10-8-16(14)18/h12-17,20-21H,3-11H2,1-2H3/t12-,13+,14+,15+,16+,17+,18+,19+/m1/s1. The zero-order valence-electron chi connectivity index (χ0n) is 13.7.